The van der Waals surface area contributed by atoms with Crippen LogP contribution in [0.5, 0.6) is 0 Å². The van der Waals surface area contributed by atoms with E-state index in [0.717, 1.165) is 5.56 Å². The molecule has 3 N–H and O–H groups in total. The van der Waals surface area contributed by atoms with Crippen LogP contribution in [0.3, 0.4) is 0 Å². The van der Waals surface area contributed by atoms with E-state index in [9.17, 15) is 9.59 Å². The zero-order valence-corrected chi connectivity index (χ0v) is 12.9. The summed E-state index contributed by atoms with van der Waals surface area (Å²) in [5, 5.41) is 14.1. The van der Waals surface area contributed by atoms with Crippen LogP contribution < -0.4 is 10.6 Å². The standard InChI is InChI=1S/C14H20N2O4S/c1-20-9-10-4-3-5-11(8-10)15-14(19)16-12(13(17)18)6-7-21-2/h3-5,8,12H,6-7,9H2,1-2H3,(H,17,18)(H2,15,16,19)/t12-/m0/s1. The Morgan fingerprint density at radius 3 is 2.81 bits per heavy atom. The molecule has 0 bridgehead atoms. The number of ether oxygens (including phenoxy) is 1. The average molecular weight is 312 g/mol. The number of methoxy groups -OCH3 is 1. The van der Waals surface area contributed by atoms with Gasteiger partial charge in [0.2, 0.25) is 0 Å². The van der Waals surface area contributed by atoms with Crippen LogP contribution in [0.1, 0.15) is 12.0 Å². The number of nitrogens with one attached hydrogen (secondary N) is 2. The number of carboxylic acid groups (broad SMARTS) is 1. The van der Waals surface area contributed by atoms with Crippen molar-refractivity contribution in [1.82, 2.24) is 5.32 Å². The highest BCUT2D eigenvalue weighted by Crippen LogP contribution is 2.11. The van der Waals surface area contributed by atoms with E-state index in [-0.39, 0.29) is 0 Å². The van der Waals surface area contributed by atoms with Crippen LogP contribution in [0.25, 0.3) is 0 Å². The molecular formula is C14H20N2O4S. The molecule has 0 saturated carbocycles. The summed E-state index contributed by atoms with van der Waals surface area (Å²) in [7, 11) is 1.59. The van der Waals surface area contributed by atoms with Gasteiger partial charge in [0, 0.05) is 12.8 Å². The third-order valence-electron chi connectivity index (χ3n) is 2.71. The number of carbonyl (C=O) groups is 2. The normalized spacial score (nSPS) is 11.7. The molecule has 0 unspecified atom stereocenters. The van der Waals surface area contributed by atoms with Crippen molar-refractivity contribution in [2.24, 2.45) is 0 Å². The molecule has 6 nitrogen and oxygen atoms in total. The molecule has 0 radical (unpaired) electrons. The highest BCUT2D eigenvalue weighted by Gasteiger charge is 2.19. The molecule has 0 saturated heterocycles. The van der Waals surface area contributed by atoms with E-state index in [1.165, 1.54) is 11.8 Å². The van der Waals surface area contributed by atoms with Crippen molar-refractivity contribution in [3.63, 3.8) is 0 Å². The fraction of sp³-hybridized carbons (Fsp3) is 0.429. The minimum Gasteiger partial charge on any atom is -0.480 e. The number of rotatable bonds is 8. The second kappa shape index (κ2) is 9.25. The number of aliphatic carboxylic acids is 1. The number of carbonyl (C=O) groups excluding carboxylic acids is 1. The highest BCUT2D eigenvalue weighted by molar-refractivity contribution is 7.98. The quantitative estimate of drug-likeness (QED) is 0.684. The summed E-state index contributed by atoms with van der Waals surface area (Å²) in [6.45, 7) is 0.447. The van der Waals surface area contributed by atoms with Crippen molar-refractivity contribution in [3.05, 3.63) is 29.8 Å². The van der Waals surface area contributed by atoms with Gasteiger partial charge in [-0.3, -0.25) is 0 Å². The molecule has 0 spiro atoms. The van der Waals surface area contributed by atoms with Gasteiger partial charge in [-0.2, -0.15) is 11.8 Å². The predicted octanol–water partition coefficient (Wildman–Crippen LogP) is 2.16. The number of hydrogen-bond acceptors (Lipinski definition) is 4. The molecule has 0 aliphatic carbocycles. The minimum absolute atomic E-state index is 0.383. The van der Waals surface area contributed by atoms with Gasteiger partial charge in [0.25, 0.3) is 0 Å². The molecule has 1 aromatic carbocycles. The summed E-state index contributed by atoms with van der Waals surface area (Å²) in [6, 6.07) is 5.77. The zero-order valence-electron chi connectivity index (χ0n) is 12.1. The third-order valence-corrected chi connectivity index (χ3v) is 3.35. The summed E-state index contributed by atoms with van der Waals surface area (Å²) in [6.07, 6.45) is 2.27. The van der Waals surface area contributed by atoms with E-state index in [0.29, 0.717) is 24.5 Å². The van der Waals surface area contributed by atoms with E-state index >= 15 is 0 Å². The van der Waals surface area contributed by atoms with Gasteiger partial charge in [0.05, 0.1) is 6.61 Å². The molecule has 0 aliphatic rings. The second-order valence-electron chi connectivity index (χ2n) is 4.40. The van der Waals surface area contributed by atoms with Crippen molar-refractivity contribution in [3.8, 4) is 0 Å². The molecular weight excluding hydrogens is 292 g/mol. The maximum absolute atomic E-state index is 11.8. The maximum Gasteiger partial charge on any atom is 0.326 e. The van der Waals surface area contributed by atoms with Gasteiger partial charge in [0.1, 0.15) is 6.04 Å². The Kier molecular flexibility index (Phi) is 7.63. The molecule has 7 heteroatoms. The van der Waals surface area contributed by atoms with Crippen LogP contribution in [0.4, 0.5) is 10.5 Å². The van der Waals surface area contributed by atoms with Crippen LogP contribution in [0.15, 0.2) is 24.3 Å². The fourth-order valence-corrected chi connectivity index (χ4v) is 2.20. The Bertz CT molecular complexity index is 482. The molecule has 1 rings (SSSR count). The first-order valence-electron chi connectivity index (χ1n) is 6.44. The predicted molar refractivity (Wildman–Crippen MR) is 83.7 cm³/mol. The fourth-order valence-electron chi connectivity index (χ4n) is 1.72. The summed E-state index contributed by atoms with van der Waals surface area (Å²) >= 11 is 1.54. The number of urea groups is 1. The van der Waals surface area contributed by atoms with Crippen molar-refractivity contribution in [1.29, 1.82) is 0 Å². The number of amides is 2. The van der Waals surface area contributed by atoms with Crippen LogP contribution >= 0.6 is 11.8 Å². The van der Waals surface area contributed by atoms with Crippen LogP contribution in [-0.2, 0) is 16.1 Å². The second-order valence-corrected chi connectivity index (χ2v) is 5.39. The van der Waals surface area contributed by atoms with E-state index < -0.39 is 18.0 Å². The smallest absolute Gasteiger partial charge is 0.326 e. The van der Waals surface area contributed by atoms with Gasteiger partial charge in [-0.05, 0) is 36.1 Å². The lowest BCUT2D eigenvalue weighted by Crippen LogP contribution is -2.43. The molecule has 2 amide bonds. The molecule has 21 heavy (non-hydrogen) atoms. The van der Waals surface area contributed by atoms with E-state index in [4.69, 9.17) is 9.84 Å². The van der Waals surface area contributed by atoms with Gasteiger partial charge < -0.3 is 20.5 Å². The van der Waals surface area contributed by atoms with Crippen molar-refractivity contribution in [2.75, 3.05) is 24.4 Å². The molecule has 0 aliphatic heterocycles. The molecule has 0 heterocycles. The Labute approximate surface area is 128 Å². The van der Waals surface area contributed by atoms with Crippen LogP contribution in [-0.4, -0.2) is 42.3 Å². The van der Waals surface area contributed by atoms with Gasteiger partial charge in [-0.25, -0.2) is 9.59 Å². The Morgan fingerprint density at radius 1 is 1.43 bits per heavy atom. The lowest BCUT2D eigenvalue weighted by molar-refractivity contribution is -0.139. The molecule has 1 aromatic rings. The lowest BCUT2D eigenvalue weighted by Gasteiger charge is -2.15. The average Bonchev–Trinajstić information content (AvgIpc) is 2.44. The number of carboxylic acids is 1. The van der Waals surface area contributed by atoms with Gasteiger partial charge in [-0.15, -0.1) is 0 Å². The van der Waals surface area contributed by atoms with Crippen molar-refractivity contribution in [2.45, 2.75) is 19.1 Å². The van der Waals surface area contributed by atoms with Crippen LogP contribution in [0, 0.1) is 0 Å². The summed E-state index contributed by atoms with van der Waals surface area (Å²) in [4.78, 5) is 22.9. The molecule has 1 atom stereocenters. The minimum atomic E-state index is -1.03. The van der Waals surface area contributed by atoms with Gasteiger partial charge >= 0.3 is 12.0 Å². The number of benzene rings is 1. The first-order valence-corrected chi connectivity index (χ1v) is 7.83. The van der Waals surface area contributed by atoms with E-state index in [1.807, 2.05) is 12.3 Å². The summed E-state index contributed by atoms with van der Waals surface area (Å²) in [5.41, 5.74) is 1.52. The molecule has 116 valence electrons. The first-order chi connectivity index (χ1) is 10.1. The van der Waals surface area contributed by atoms with Crippen molar-refractivity contribution >= 4 is 29.4 Å². The van der Waals surface area contributed by atoms with Gasteiger partial charge in [0.15, 0.2) is 0 Å². The highest BCUT2D eigenvalue weighted by atomic mass is 32.2. The van der Waals surface area contributed by atoms with E-state index in [2.05, 4.69) is 10.6 Å². The number of hydrogen-bond donors (Lipinski definition) is 3. The number of thioether (sulfide) groups is 1. The Balaban J connectivity index is 2.58. The largest absolute Gasteiger partial charge is 0.480 e. The molecule has 0 aromatic heterocycles. The van der Waals surface area contributed by atoms with Crippen molar-refractivity contribution < 1.29 is 19.4 Å². The first kappa shape index (κ1) is 17.3. The van der Waals surface area contributed by atoms with E-state index in [1.54, 1.807) is 25.3 Å². The van der Waals surface area contributed by atoms with Gasteiger partial charge in [-0.1, -0.05) is 12.1 Å². The monoisotopic (exact) mass is 312 g/mol. The topological polar surface area (TPSA) is 87.7 Å². The summed E-state index contributed by atoms with van der Waals surface area (Å²) in [5.74, 6) is -0.368. The Hall–Kier alpha value is -1.73. The maximum atomic E-state index is 11.8. The summed E-state index contributed by atoms with van der Waals surface area (Å²) < 4.78 is 5.02. The Morgan fingerprint density at radius 2 is 2.19 bits per heavy atom. The zero-order chi connectivity index (χ0) is 15.7. The third kappa shape index (κ3) is 6.50. The lowest BCUT2D eigenvalue weighted by atomic mass is 10.2. The molecule has 0 fully saturated rings. The van der Waals surface area contributed by atoms with Crippen LogP contribution in [0.2, 0.25) is 0 Å². The SMILES string of the molecule is COCc1cccc(NC(=O)N[C@@H](CCSC)C(=O)O)c1. The number of anilines is 1.